The Balaban J connectivity index is 1.48. The lowest BCUT2D eigenvalue weighted by Gasteiger charge is -2.09. The molecule has 0 bridgehead atoms. The third-order valence-electron chi connectivity index (χ3n) is 3.52. The van der Waals surface area contributed by atoms with Crippen LogP contribution in [0.1, 0.15) is 11.1 Å². The summed E-state index contributed by atoms with van der Waals surface area (Å²) in [6, 6.07) is 12.6. The van der Waals surface area contributed by atoms with E-state index in [4.69, 9.17) is 5.73 Å². The van der Waals surface area contributed by atoms with E-state index in [0.717, 1.165) is 11.4 Å². The Labute approximate surface area is 162 Å². The highest BCUT2D eigenvalue weighted by Gasteiger charge is 2.01. The molecule has 1 aromatic carbocycles. The SMILES string of the molecule is Nc1ncc(C#Cc2cccc(NC(=O)NCCNc3ccccn3)c2)cn1. The lowest BCUT2D eigenvalue weighted by atomic mass is 10.2. The first-order valence-electron chi connectivity index (χ1n) is 8.58. The number of amides is 2. The minimum atomic E-state index is -0.292. The van der Waals surface area contributed by atoms with Gasteiger partial charge in [-0.2, -0.15) is 0 Å². The first-order valence-corrected chi connectivity index (χ1v) is 8.58. The van der Waals surface area contributed by atoms with Gasteiger partial charge in [0.15, 0.2) is 0 Å². The van der Waals surface area contributed by atoms with E-state index in [2.05, 4.69) is 42.7 Å². The molecule has 0 aliphatic carbocycles. The summed E-state index contributed by atoms with van der Waals surface area (Å²) >= 11 is 0. The Morgan fingerprint density at radius 1 is 0.964 bits per heavy atom. The van der Waals surface area contributed by atoms with Crippen LogP contribution in [0.4, 0.5) is 22.2 Å². The lowest BCUT2D eigenvalue weighted by Crippen LogP contribution is -2.32. The number of anilines is 3. The topological polar surface area (TPSA) is 118 Å². The number of nitrogens with zero attached hydrogens (tertiary/aromatic N) is 3. The summed E-state index contributed by atoms with van der Waals surface area (Å²) in [6.45, 7) is 1.03. The van der Waals surface area contributed by atoms with Crippen molar-refractivity contribution >= 4 is 23.5 Å². The van der Waals surface area contributed by atoms with Crippen LogP contribution in [0.3, 0.4) is 0 Å². The monoisotopic (exact) mass is 373 g/mol. The Morgan fingerprint density at radius 2 is 1.79 bits per heavy atom. The van der Waals surface area contributed by atoms with Gasteiger partial charge in [0, 0.05) is 42.9 Å². The Bertz CT molecular complexity index is 979. The average Bonchev–Trinajstić information content (AvgIpc) is 2.72. The maximum absolute atomic E-state index is 12.0. The largest absolute Gasteiger partial charge is 0.368 e. The van der Waals surface area contributed by atoms with Crippen molar-refractivity contribution in [2.45, 2.75) is 0 Å². The highest BCUT2D eigenvalue weighted by molar-refractivity contribution is 5.89. The van der Waals surface area contributed by atoms with Gasteiger partial charge in [0.25, 0.3) is 0 Å². The van der Waals surface area contributed by atoms with Crippen LogP contribution in [-0.4, -0.2) is 34.1 Å². The molecule has 0 saturated carbocycles. The van der Waals surface area contributed by atoms with Crippen molar-refractivity contribution in [1.29, 1.82) is 0 Å². The number of nitrogens with one attached hydrogen (secondary N) is 3. The summed E-state index contributed by atoms with van der Waals surface area (Å²) in [6.07, 6.45) is 4.83. The van der Waals surface area contributed by atoms with Gasteiger partial charge in [0.05, 0.1) is 5.56 Å². The summed E-state index contributed by atoms with van der Waals surface area (Å²) in [4.78, 5) is 24.0. The first-order chi connectivity index (χ1) is 13.7. The van der Waals surface area contributed by atoms with Crippen molar-refractivity contribution in [2.75, 3.05) is 29.5 Å². The summed E-state index contributed by atoms with van der Waals surface area (Å²) in [5.41, 5.74) is 7.51. The molecule has 0 fully saturated rings. The summed E-state index contributed by atoms with van der Waals surface area (Å²) in [5, 5.41) is 8.68. The van der Waals surface area contributed by atoms with Crippen molar-refractivity contribution in [3.05, 3.63) is 72.2 Å². The zero-order valence-electron chi connectivity index (χ0n) is 15.0. The molecule has 28 heavy (non-hydrogen) atoms. The van der Waals surface area contributed by atoms with Gasteiger partial charge in [0.1, 0.15) is 5.82 Å². The van der Waals surface area contributed by atoms with Gasteiger partial charge in [-0.05, 0) is 30.3 Å². The number of hydrogen-bond acceptors (Lipinski definition) is 6. The third-order valence-corrected chi connectivity index (χ3v) is 3.52. The van der Waals surface area contributed by atoms with Crippen molar-refractivity contribution in [2.24, 2.45) is 0 Å². The molecule has 8 heteroatoms. The van der Waals surface area contributed by atoms with Gasteiger partial charge in [0.2, 0.25) is 5.95 Å². The van der Waals surface area contributed by atoms with Crippen LogP contribution in [0, 0.1) is 11.8 Å². The van der Waals surface area contributed by atoms with Gasteiger partial charge in [-0.3, -0.25) is 0 Å². The average molecular weight is 373 g/mol. The maximum atomic E-state index is 12.0. The Hall–Kier alpha value is -4.12. The van der Waals surface area contributed by atoms with E-state index in [0.29, 0.717) is 24.3 Å². The van der Waals surface area contributed by atoms with Crippen LogP contribution >= 0.6 is 0 Å². The normalized spacial score (nSPS) is 9.71. The van der Waals surface area contributed by atoms with E-state index < -0.39 is 0 Å². The molecule has 0 unspecified atom stereocenters. The van der Waals surface area contributed by atoms with Crippen molar-refractivity contribution < 1.29 is 4.79 Å². The molecule has 8 nitrogen and oxygen atoms in total. The second kappa shape index (κ2) is 9.54. The standard InChI is InChI=1S/C20H19N7O/c21-19-25-13-16(14-26-19)8-7-15-4-3-5-17(12-15)27-20(28)24-11-10-23-18-6-1-2-9-22-18/h1-6,9,12-14H,10-11H2,(H,22,23)(H2,21,25,26)(H2,24,27,28). The first kappa shape index (κ1) is 18.7. The minimum Gasteiger partial charge on any atom is -0.368 e. The highest BCUT2D eigenvalue weighted by atomic mass is 16.2. The maximum Gasteiger partial charge on any atom is 0.319 e. The fourth-order valence-electron chi connectivity index (χ4n) is 2.23. The second-order valence-corrected chi connectivity index (χ2v) is 5.68. The number of benzene rings is 1. The predicted molar refractivity (Wildman–Crippen MR) is 109 cm³/mol. The predicted octanol–water partition coefficient (Wildman–Crippen LogP) is 2.09. The zero-order valence-corrected chi connectivity index (χ0v) is 15.0. The second-order valence-electron chi connectivity index (χ2n) is 5.68. The number of nitrogens with two attached hydrogens (primary N) is 1. The molecule has 2 heterocycles. The van der Waals surface area contributed by atoms with E-state index in [-0.39, 0.29) is 12.0 Å². The molecule has 0 spiro atoms. The molecule has 0 aliphatic heterocycles. The Morgan fingerprint density at radius 3 is 2.57 bits per heavy atom. The quantitative estimate of drug-likeness (QED) is 0.402. The number of rotatable bonds is 5. The summed E-state index contributed by atoms with van der Waals surface area (Å²) in [5.74, 6) is 6.93. The van der Waals surface area contributed by atoms with Crippen LogP contribution in [0.25, 0.3) is 0 Å². The minimum absolute atomic E-state index is 0.206. The molecule has 0 atom stereocenters. The van der Waals surface area contributed by atoms with Crippen LogP contribution in [0.5, 0.6) is 0 Å². The molecule has 2 aromatic heterocycles. The van der Waals surface area contributed by atoms with Crippen molar-refractivity contribution in [1.82, 2.24) is 20.3 Å². The number of carbonyl (C=O) groups excluding carboxylic acids is 1. The molecule has 0 saturated heterocycles. The molecule has 5 N–H and O–H groups in total. The molecular weight excluding hydrogens is 354 g/mol. The fourth-order valence-corrected chi connectivity index (χ4v) is 2.23. The molecular formula is C20H19N7O. The van der Waals surface area contributed by atoms with E-state index in [1.807, 2.05) is 30.3 Å². The number of carbonyl (C=O) groups is 1. The summed E-state index contributed by atoms with van der Waals surface area (Å²) in [7, 11) is 0. The molecule has 0 aliphatic rings. The van der Waals surface area contributed by atoms with Crippen LogP contribution < -0.4 is 21.7 Å². The highest BCUT2D eigenvalue weighted by Crippen LogP contribution is 2.10. The third kappa shape index (κ3) is 6.00. The molecule has 0 radical (unpaired) electrons. The van der Waals surface area contributed by atoms with Crippen molar-refractivity contribution in [3.8, 4) is 11.8 Å². The van der Waals surface area contributed by atoms with Gasteiger partial charge in [-0.15, -0.1) is 0 Å². The molecule has 140 valence electrons. The van der Waals surface area contributed by atoms with Gasteiger partial charge < -0.3 is 21.7 Å². The fraction of sp³-hybridized carbons (Fsp3) is 0.100. The Kier molecular flexibility index (Phi) is 6.36. The van der Waals surface area contributed by atoms with Gasteiger partial charge >= 0.3 is 6.03 Å². The summed E-state index contributed by atoms with van der Waals surface area (Å²) < 4.78 is 0. The molecule has 3 rings (SSSR count). The molecule has 2 amide bonds. The lowest BCUT2D eigenvalue weighted by molar-refractivity contribution is 0.252. The zero-order chi connectivity index (χ0) is 19.6. The van der Waals surface area contributed by atoms with Crippen molar-refractivity contribution in [3.63, 3.8) is 0 Å². The number of urea groups is 1. The van der Waals surface area contributed by atoms with Crippen LogP contribution in [-0.2, 0) is 0 Å². The smallest absolute Gasteiger partial charge is 0.319 e. The van der Waals surface area contributed by atoms with E-state index >= 15 is 0 Å². The van der Waals surface area contributed by atoms with E-state index in [9.17, 15) is 4.79 Å². The number of nitrogen functional groups attached to an aromatic ring is 1. The van der Waals surface area contributed by atoms with Crippen LogP contribution in [0.15, 0.2) is 61.1 Å². The molecule has 3 aromatic rings. The van der Waals surface area contributed by atoms with Gasteiger partial charge in [-0.1, -0.05) is 24.0 Å². The number of aromatic nitrogens is 3. The van der Waals surface area contributed by atoms with E-state index in [1.165, 1.54) is 0 Å². The van der Waals surface area contributed by atoms with E-state index in [1.54, 1.807) is 30.7 Å². The van der Waals surface area contributed by atoms with Gasteiger partial charge in [-0.25, -0.2) is 19.7 Å². The number of hydrogen-bond donors (Lipinski definition) is 4. The number of pyridine rings is 1. The van der Waals surface area contributed by atoms with Crippen LogP contribution in [0.2, 0.25) is 0 Å².